The predicted octanol–water partition coefficient (Wildman–Crippen LogP) is 1.82. The van der Waals surface area contributed by atoms with Gasteiger partial charge < -0.3 is 16.8 Å². The topological polar surface area (TPSA) is 81.1 Å². The number of nitrogens with two attached hydrogens (primary N) is 2. The molecule has 0 radical (unpaired) electrons. The first-order valence-corrected chi connectivity index (χ1v) is 6.36. The van der Waals surface area contributed by atoms with E-state index in [1.54, 1.807) is 12.1 Å². The van der Waals surface area contributed by atoms with E-state index in [1.807, 2.05) is 26.8 Å². The molecule has 0 unspecified atom stereocenters. The van der Waals surface area contributed by atoms with Crippen molar-refractivity contribution in [3.8, 4) is 0 Å². The van der Waals surface area contributed by atoms with Gasteiger partial charge in [-0.05, 0) is 37.5 Å². The van der Waals surface area contributed by atoms with E-state index in [0.717, 1.165) is 18.4 Å². The standard InChI is InChI=1S/C14H23N3O/c1-4-14(5-2,9-15)17-13(18)12-8-11(16)7-6-10(12)3/h6-8H,4-5,9,15-16H2,1-3H3,(H,17,18). The maximum atomic E-state index is 12.3. The molecule has 0 aliphatic rings. The molecule has 0 saturated heterocycles. The maximum absolute atomic E-state index is 12.3. The summed E-state index contributed by atoms with van der Waals surface area (Å²) in [7, 11) is 0. The van der Waals surface area contributed by atoms with Gasteiger partial charge in [0.15, 0.2) is 0 Å². The Kier molecular flexibility index (Phi) is 4.73. The van der Waals surface area contributed by atoms with E-state index in [-0.39, 0.29) is 11.4 Å². The van der Waals surface area contributed by atoms with Crippen LogP contribution in [0.2, 0.25) is 0 Å². The Bertz CT molecular complexity index is 417. The van der Waals surface area contributed by atoms with Crippen molar-refractivity contribution in [1.29, 1.82) is 0 Å². The summed E-state index contributed by atoms with van der Waals surface area (Å²) in [6.45, 7) is 6.40. The quantitative estimate of drug-likeness (QED) is 0.696. The monoisotopic (exact) mass is 249 g/mol. The molecule has 0 bridgehead atoms. The zero-order valence-corrected chi connectivity index (χ0v) is 11.4. The van der Waals surface area contributed by atoms with Crippen LogP contribution in [0, 0.1) is 6.92 Å². The molecule has 1 amide bonds. The summed E-state index contributed by atoms with van der Waals surface area (Å²) in [5, 5.41) is 3.04. The Morgan fingerprint density at radius 1 is 1.33 bits per heavy atom. The van der Waals surface area contributed by atoms with E-state index in [0.29, 0.717) is 17.8 Å². The van der Waals surface area contributed by atoms with Crippen LogP contribution in [0.15, 0.2) is 18.2 Å². The lowest BCUT2D eigenvalue weighted by Crippen LogP contribution is -2.53. The Hall–Kier alpha value is -1.55. The van der Waals surface area contributed by atoms with Crippen molar-refractivity contribution in [2.45, 2.75) is 39.2 Å². The van der Waals surface area contributed by atoms with E-state index in [1.165, 1.54) is 0 Å². The fraction of sp³-hybridized carbons (Fsp3) is 0.500. The molecule has 0 saturated carbocycles. The molecule has 0 aromatic heterocycles. The van der Waals surface area contributed by atoms with Gasteiger partial charge in [-0.15, -0.1) is 0 Å². The molecule has 0 aliphatic carbocycles. The van der Waals surface area contributed by atoms with Crippen molar-refractivity contribution in [2.24, 2.45) is 5.73 Å². The maximum Gasteiger partial charge on any atom is 0.252 e. The van der Waals surface area contributed by atoms with Crippen molar-refractivity contribution in [2.75, 3.05) is 12.3 Å². The fourth-order valence-corrected chi connectivity index (χ4v) is 1.96. The first kappa shape index (κ1) is 14.5. The van der Waals surface area contributed by atoms with Crippen molar-refractivity contribution < 1.29 is 4.79 Å². The van der Waals surface area contributed by atoms with Crippen LogP contribution in [0.25, 0.3) is 0 Å². The second-order valence-electron chi connectivity index (χ2n) is 4.72. The molecule has 0 fully saturated rings. The first-order chi connectivity index (χ1) is 8.48. The molecule has 4 nitrogen and oxygen atoms in total. The number of nitrogen functional groups attached to an aromatic ring is 1. The molecule has 4 heteroatoms. The molecule has 18 heavy (non-hydrogen) atoms. The molecule has 1 aromatic carbocycles. The van der Waals surface area contributed by atoms with E-state index in [9.17, 15) is 4.79 Å². The molecule has 0 heterocycles. The second kappa shape index (κ2) is 5.87. The van der Waals surface area contributed by atoms with Gasteiger partial charge in [-0.2, -0.15) is 0 Å². The van der Waals surface area contributed by atoms with Gasteiger partial charge >= 0.3 is 0 Å². The number of rotatable bonds is 5. The lowest BCUT2D eigenvalue weighted by molar-refractivity contribution is 0.0894. The zero-order valence-electron chi connectivity index (χ0n) is 11.4. The first-order valence-electron chi connectivity index (χ1n) is 6.36. The highest BCUT2D eigenvalue weighted by atomic mass is 16.1. The van der Waals surface area contributed by atoms with Gasteiger partial charge in [0.25, 0.3) is 5.91 Å². The average molecular weight is 249 g/mol. The van der Waals surface area contributed by atoms with Crippen LogP contribution in [0.5, 0.6) is 0 Å². The molecule has 1 aromatic rings. The molecular formula is C14H23N3O. The van der Waals surface area contributed by atoms with Crippen molar-refractivity contribution in [1.82, 2.24) is 5.32 Å². The largest absolute Gasteiger partial charge is 0.399 e. The fourth-order valence-electron chi connectivity index (χ4n) is 1.96. The lowest BCUT2D eigenvalue weighted by atomic mass is 9.92. The Morgan fingerprint density at radius 3 is 2.44 bits per heavy atom. The Balaban J connectivity index is 2.97. The van der Waals surface area contributed by atoms with Crippen LogP contribution in [0.4, 0.5) is 5.69 Å². The van der Waals surface area contributed by atoms with E-state index < -0.39 is 0 Å². The van der Waals surface area contributed by atoms with Crippen LogP contribution in [0.3, 0.4) is 0 Å². The number of carbonyl (C=O) groups excluding carboxylic acids is 1. The van der Waals surface area contributed by atoms with E-state index >= 15 is 0 Å². The molecule has 100 valence electrons. The number of hydrogen-bond acceptors (Lipinski definition) is 3. The number of anilines is 1. The Labute approximate surface area is 109 Å². The third-order valence-corrected chi connectivity index (χ3v) is 3.63. The molecule has 0 spiro atoms. The minimum atomic E-state index is -0.325. The second-order valence-corrected chi connectivity index (χ2v) is 4.72. The number of nitrogens with one attached hydrogen (secondary N) is 1. The minimum absolute atomic E-state index is 0.103. The summed E-state index contributed by atoms with van der Waals surface area (Å²) >= 11 is 0. The average Bonchev–Trinajstić information content (AvgIpc) is 2.38. The molecule has 1 rings (SSSR count). The van der Waals surface area contributed by atoms with Crippen LogP contribution >= 0.6 is 0 Å². The van der Waals surface area contributed by atoms with Gasteiger partial charge in [0.05, 0.1) is 5.54 Å². The molecule has 0 atom stereocenters. The lowest BCUT2D eigenvalue weighted by Gasteiger charge is -2.31. The van der Waals surface area contributed by atoms with Gasteiger partial charge in [-0.1, -0.05) is 19.9 Å². The van der Waals surface area contributed by atoms with Gasteiger partial charge in [0.2, 0.25) is 0 Å². The predicted molar refractivity (Wildman–Crippen MR) is 75.4 cm³/mol. The molecular weight excluding hydrogens is 226 g/mol. The molecule has 5 N–H and O–H groups in total. The van der Waals surface area contributed by atoms with Crippen molar-refractivity contribution >= 4 is 11.6 Å². The Morgan fingerprint density at radius 2 is 1.94 bits per heavy atom. The number of hydrogen-bond donors (Lipinski definition) is 3. The van der Waals surface area contributed by atoms with Crippen LogP contribution < -0.4 is 16.8 Å². The van der Waals surface area contributed by atoms with Gasteiger partial charge in [-0.25, -0.2) is 0 Å². The van der Waals surface area contributed by atoms with E-state index in [4.69, 9.17) is 11.5 Å². The van der Waals surface area contributed by atoms with Crippen LogP contribution in [-0.2, 0) is 0 Å². The minimum Gasteiger partial charge on any atom is -0.399 e. The number of amides is 1. The summed E-state index contributed by atoms with van der Waals surface area (Å²) in [6.07, 6.45) is 1.63. The van der Waals surface area contributed by atoms with Crippen molar-refractivity contribution in [3.63, 3.8) is 0 Å². The highest BCUT2D eigenvalue weighted by molar-refractivity contribution is 5.97. The van der Waals surface area contributed by atoms with Gasteiger partial charge in [-0.3, -0.25) is 4.79 Å². The summed E-state index contributed by atoms with van der Waals surface area (Å²) in [5.41, 5.74) is 13.3. The SMILES string of the molecule is CCC(CC)(CN)NC(=O)c1cc(N)ccc1C. The van der Waals surface area contributed by atoms with Crippen molar-refractivity contribution in [3.05, 3.63) is 29.3 Å². The van der Waals surface area contributed by atoms with Gasteiger partial charge in [0.1, 0.15) is 0 Å². The van der Waals surface area contributed by atoms with Crippen LogP contribution in [-0.4, -0.2) is 18.0 Å². The highest BCUT2D eigenvalue weighted by Crippen LogP contribution is 2.17. The number of aryl methyl sites for hydroxylation is 1. The summed E-state index contributed by atoms with van der Waals surface area (Å²) < 4.78 is 0. The number of benzene rings is 1. The molecule has 0 aliphatic heterocycles. The van der Waals surface area contributed by atoms with Crippen LogP contribution in [0.1, 0.15) is 42.6 Å². The summed E-state index contributed by atoms with van der Waals surface area (Å²) in [4.78, 5) is 12.3. The summed E-state index contributed by atoms with van der Waals surface area (Å²) in [6, 6.07) is 5.35. The van der Waals surface area contributed by atoms with E-state index in [2.05, 4.69) is 5.32 Å². The zero-order chi connectivity index (χ0) is 13.8. The van der Waals surface area contributed by atoms with Gasteiger partial charge in [0, 0.05) is 17.8 Å². The smallest absolute Gasteiger partial charge is 0.252 e. The third kappa shape index (κ3) is 3.01. The number of carbonyl (C=O) groups is 1. The third-order valence-electron chi connectivity index (χ3n) is 3.63. The summed E-state index contributed by atoms with van der Waals surface area (Å²) in [5.74, 6) is -0.103. The normalized spacial score (nSPS) is 11.3. The highest BCUT2D eigenvalue weighted by Gasteiger charge is 2.27.